The number of hydrogen-bond acceptors (Lipinski definition) is 3. The van der Waals surface area contributed by atoms with Crippen molar-refractivity contribution in [2.24, 2.45) is 5.92 Å². The van der Waals surface area contributed by atoms with E-state index in [0.29, 0.717) is 0 Å². The molecule has 86 valence electrons. The summed E-state index contributed by atoms with van der Waals surface area (Å²) in [5.41, 5.74) is 0.884. The molecule has 0 aliphatic rings. The van der Waals surface area contributed by atoms with Crippen molar-refractivity contribution in [1.29, 1.82) is 0 Å². The molecule has 0 aliphatic heterocycles. The van der Waals surface area contributed by atoms with Crippen LogP contribution in [0.5, 0.6) is 0 Å². The number of rotatable bonds is 5. The van der Waals surface area contributed by atoms with E-state index < -0.39 is 17.1 Å². The largest absolute Gasteiger partial charge is 0.465 e. The van der Waals surface area contributed by atoms with Gasteiger partial charge in [0.15, 0.2) is 0 Å². The van der Waals surface area contributed by atoms with E-state index in [9.17, 15) is 9.59 Å². The molecular formula is C12H13ClO3. The molecule has 1 aromatic rings. The van der Waals surface area contributed by atoms with E-state index >= 15 is 0 Å². The molecule has 1 unspecified atom stereocenters. The van der Waals surface area contributed by atoms with E-state index in [1.807, 2.05) is 30.3 Å². The number of carbonyl (C=O) groups is 2. The Bertz CT molecular complexity index is 362. The third-order valence-electron chi connectivity index (χ3n) is 2.13. The molecule has 0 saturated carbocycles. The zero-order valence-corrected chi connectivity index (χ0v) is 9.74. The van der Waals surface area contributed by atoms with Gasteiger partial charge in [-0.25, -0.2) is 0 Å². The van der Waals surface area contributed by atoms with Crippen LogP contribution >= 0.6 is 11.6 Å². The molecule has 0 amide bonds. The molecular weight excluding hydrogens is 228 g/mol. The minimum Gasteiger partial charge on any atom is -0.465 e. The van der Waals surface area contributed by atoms with Crippen LogP contribution in [0.1, 0.15) is 12.5 Å². The van der Waals surface area contributed by atoms with Crippen LogP contribution in [-0.4, -0.2) is 17.8 Å². The Morgan fingerprint density at radius 1 is 1.31 bits per heavy atom. The Morgan fingerprint density at radius 3 is 2.44 bits per heavy atom. The first kappa shape index (κ1) is 12.7. The highest BCUT2D eigenvalue weighted by Gasteiger charge is 2.26. The van der Waals surface area contributed by atoms with Crippen molar-refractivity contribution in [3.63, 3.8) is 0 Å². The smallest absolute Gasteiger partial charge is 0.318 e. The van der Waals surface area contributed by atoms with Crippen LogP contribution in [0.3, 0.4) is 0 Å². The van der Waals surface area contributed by atoms with E-state index in [4.69, 9.17) is 16.3 Å². The van der Waals surface area contributed by atoms with Crippen LogP contribution in [0.2, 0.25) is 0 Å². The van der Waals surface area contributed by atoms with Crippen LogP contribution in [0.4, 0.5) is 0 Å². The lowest BCUT2D eigenvalue weighted by Gasteiger charge is -2.11. The number of ether oxygens (including phenoxy) is 1. The molecule has 1 rings (SSSR count). The van der Waals surface area contributed by atoms with E-state index in [1.54, 1.807) is 6.92 Å². The number of benzene rings is 1. The summed E-state index contributed by atoms with van der Waals surface area (Å²) in [5.74, 6) is -1.48. The standard InChI is InChI=1S/C12H13ClO3/c1-2-16-12(15)10(11(13)14)8-9-6-4-3-5-7-9/h3-7,10H,2,8H2,1H3. The average molecular weight is 241 g/mol. The Morgan fingerprint density at radius 2 is 1.94 bits per heavy atom. The van der Waals surface area contributed by atoms with Gasteiger partial charge in [-0.2, -0.15) is 0 Å². The maximum absolute atomic E-state index is 11.5. The molecule has 1 atom stereocenters. The molecule has 0 heterocycles. The van der Waals surface area contributed by atoms with Gasteiger partial charge in [-0.3, -0.25) is 9.59 Å². The minimum atomic E-state index is -0.913. The number of carbonyl (C=O) groups excluding carboxylic acids is 2. The fourth-order valence-corrected chi connectivity index (χ4v) is 1.52. The monoisotopic (exact) mass is 240 g/mol. The highest BCUT2D eigenvalue weighted by molar-refractivity contribution is 6.65. The second-order valence-corrected chi connectivity index (χ2v) is 3.67. The van der Waals surface area contributed by atoms with Gasteiger partial charge in [0.25, 0.3) is 0 Å². The van der Waals surface area contributed by atoms with Crippen LogP contribution in [0, 0.1) is 5.92 Å². The van der Waals surface area contributed by atoms with Crippen molar-refractivity contribution in [2.45, 2.75) is 13.3 Å². The van der Waals surface area contributed by atoms with Gasteiger partial charge in [-0.1, -0.05) is 30.3 Å². The van der Waals surface area contributed by atoms with Gasteiger partial charge in [-0.15, -0.1) is 0 Å². The summed E-state index contributed by atoms with van der Waals surface area (Å²) in [5, 5.41) is -0.678. The zero-order chi connectivity index (χ0) is 12.0. The Hall–Kier alpha value is -1.35. The summed E-state index contributed by atoms with van der Waals surface area (Å²) in [6, 6.07) is 9.23. The summed E-state index contributed by atoms with van der Waals surface area (Å²) in [4.78, 5) is 22.6. The maximum Gasteiger partial charge on any atom is 0.318 e. The summed E-state index contributed by atoms with van der Waals surface area (Å²) in [6.45, 7) is 1.93. The third-order valence-corrected chi connectivity index (χ3v) is 2.39. The molecule has 16 heavy (non-hydrogen) atoms. The van der Waals surface area contributed by atoms with E-state index in [0.717, 1.165) is 5.56 Å². The van der Waals surface area contributed by atoms with Gasteiger partial charge < -0.3 is 4.74 Å². The Labute approximate surface area is 99.4 Å². The SMILES string of the molecule is CCOC(=O)C(Cc1ccccc1)C(=O)Cl. The van der Waals surface area contributed by atoms with E-state index in [1.165, 1.54) is 0 Å². The van der Waals surface area contributed by atoms with E-state index in [-0.39, 0.29) is 13.0 Å². The first-order valence-corrected chi connectivity index (χ1v) is 5.42. The second kappa shape index (κ2) is 6.28. The fraction of sp³-hybridized carbons (Fsp3) is 0.333. The molecule has 0 aliphatic carbocycles. The normalized spacial score (nSPS) is 11.9. The molecule has 0 aromatic heterocycles. The molecule has 0 spiro atoms. The van der Waals surface area contributed by atoms with Gasteiger partial charge in [0, 0.05) is 0 Å². The van der Waals surface area contributed by atoms with Gasteiger partial charge in [0.1, 0.15) is 5.92 Å². The lowest BCUT2D eigenvalue weighted by atomic mass is 10.0. The molecule has 0 saturated heterocycles. The molecule has 1 aromatic carbocycles. The molecule has 0 fully saturated rings. The topological polar surface area (TPSA) is 43.4 Å². The highest BCUT2D eigenvalue weighted by atomic mass is 35.5. The Balaban J connectivity index is 2.73. The van der Waals surface area contributed by atoms with Crippen LogP contribution in [0.15, 0.2) is 30.3 Å². The number of halogens is 1. The summed E-state index contributed by atoms with van der Waals surface area (Å²) < 4.78 is 4.79. The highest BCUT2D eigenvalue weighted by Crippen LogP contribution is 2.13. The fourth-order valence-electron chi connectivity index (χ4n) is 1.35. The summed E-state index contributed by atoms with van der Waals surface area (Å²) >= 11 is 5.38. The molecule has 0 bridgehead atoms. The third kappa shape index (κ3) is 3.66. The summed E-state index contributed by atoms with van der Waals surface area (Å²) in [6.07, 6.45) is 0.280. The zero-order valence-electron chi connectivity index (χ0n) is 8.98. The maximum atomic E-state index is 11.5. The minimum absolute atomic E-state index is 0.244. The first-order valence-electron chi connectivity index (χ1n) is 5.05. The number of esters is 1. The molecule has 0 N–H and O–H groups in total. The van der Waals surface area contributed by atoms with Crippen molar-refractivity contribution in [3.8, 4) is 0 Å². The van der Waals surface area contributed by atoms with Crippen molar-refractivity contribution in [1.82, 2.24) is 0 Å². The second-order valence-electron chi connectivity index (χ2n) is 3.30. The van der Waals surface area contributed by atoms with Gasteiger partial charge in [0.2, 0.25) is 5.24 Å². The quantitative estimate of drug-likeness (QED) is 0.450. The lowest BCUT2D eigenvalue weighted by molar-refractivity contribution is -0.149. The lowest BCUT2D eigenvalue weighted by Crippen LogP contribution is -2.25. The van der Waals surface area contributed by atoms with E-state index in [2.05, 4.69) is 0 Å². The number of hydrogen-bond donors (Lipinski definition) is 0. The predicted octanol–water partition coefficient (Wildman–Crippen LogP) is 2.17. The first-order chi connectivity index (χ1) is 7.65. The molecule has 0 radical (unpaired) electrons. The van der Waals surface area contributed by atoms with Gasteiger partial charge in [-0.05, 0) is 30.5 Å². The van der Waals surface area contributed by atoms with Crippen molar-refractivity contribution >= 4 is 22.8 Å². The van der Waals surface area contributed by atoms with Crippen molar-refractivity contribution < 1.29 is 14.3 Å². The summed E-state index contributed by atoms with van der Waals surface area (Å²) in [7, 11) is 0. The van der Waals surface area contributed by atoms with Gasteiger partial charge >= 0.3 is 5.97 Å². The van der Waals surface area contributed by atoms with Gasteiger partial charge in [0.05, 0.1) is 6.61 Å². The van der Waals surface area contributed by atoms with Crippen molar-refractivity contribution in [3.05, 3.63) is 35.9 Å². The van der Waals surface area contributed by atoms with Crippen LogP contribution in [0.25, 0.3) is 0 Å². The molecule has 4 heteroatoms. The average Bonchev–Trinajstić information content (AvgIpc) is 2.27. The molecule has 3 nitrogen and oxygen atoms in total. The Kier molecular flexibility index (Phi) is 4.99. The predicted molar refractivity (Wildman–Crippen MR) is 61.1 cm³/mol. The van der Waals surface area contributed by atoms with Crippen molar-refractivity contribution in [2.75, 3.05) is 6.61 Å². The van der Waals surface area contributed by atoms with Crippen LogP contribution < -0.4 is 0 Å². The van der Waals surface area contributed by atoms with Crippen LogP contribution in [-0.2, 0) is 20.7 Å².